The van der Waals surface area contributed by atoms with Crippen molar-refractivity contribution in [2.24, 2.45) is 11.8 Å². The maximum absolute atomic E-state index is 4.72. The topological polar surface area (TPSA) is 46.8 Å². The third-order valence-electron chi connectivity index (χ3n) is 4.72. The standard InChI is InChI=1S/C17H23N5/c1-12-8-18-17(19-9-12)21(10-14-7-13(14)2)11-15-5-6-22(20-15)16-3-4-16/h5-6,8-9,13-14,16H,3-4,7,10-11H2,1-2H3. The summed E-state index contributed by atoms with van der Waals surface area (Å²) in [6, 6.07) is 2.77. The number of nitrogens with zero attached hydrogens (tertiary/aromatic N) is 5. The zero-order valence-corrected chi connectivity index (χ0v) is 13.3. The number of hydrogen-bond donors (Lipinski definition) is 0. The predicted molar refractivity (Wildman–Crippen MR) is 85.6 cm³/mol. The van der Waals surface area contributed by atoms with Gasteiger partial charge in [-0.25, -0.2) is 9.97 Å². The van der Waals surface area contributed by atoms with Crippen LogP contribution in [0.4, 0.5) is 5.95 Å². The molecule has 0 bridgehead atoms. The van der Waals surface area contributed by atoms with E-state index in [0.29, 0.717) is 6.04 Å². The molecule has 0 aliphatic heterocycles. The molecular formula is C17H23N5. The monoisotopic (exact) mass is 297 g/mol. The van der Waals surface area contributed by atoms with E-state index in [1.807, 2.05) is 19.3 Å². The Morgan fingerprint density at radius 1 is 1.27 bits per heavy atom. The van der Waals surface area contributed by atoms with Gasteiger partial charge in [0.25, 0.3) is 0 Å². The van der Waals surface area contributed by atoms with Gasteiger partial charge < -0.3 is 4.90 Å². The van der Waals surface area contributed by atoms with Crippen LogP contribution in [0.25, 0.3) is 0 Å². The Morgan fingerprint density at radius 2 is 2.00 bits per heavy atom. The average molecular weight is 297 g/mol. The summed E-state index contributed by atoms with van der Waals surface area (Å²) in [6.07, 6.45) is 9.76. The van der Waals surface area contributed by atoms with Crippen molar-refractivity contribution in [2.45, 2.75) is 45.7 Å². The van der Waals surface area contributed by atoms with Gasteiger partial charge in [-0.1, -0.05) is 6.92 Å². The molecule has 4 rings (SSSR count). The molecule has 0 saturated heterocycles. The van der Waals surface area contributed by atoms with Crippen LogP contribution in [0.3, 0.4) is 0 Å². The fraction of sp³-hybridized carbons (Fsp3) is 0.588. The first-order valence-electron chi connectivity index (χ1n) is 8.26. The van der Waals surface area contributed by atoms with Crippen molar-refractivity contribution in [1.82, 2.24) is 19.7 Å². The Labute approximate surface area is 131 Å². The number of hydrogen-bond acceptors (Lipinski definition) is 4. The quantitative estimate of drug-likeness (QED) is 0.822. The van der Waals surface area contributed by atoms with Gasteiger partial charge in [-0.15, -0.1) is 0 Å². The van der Waals surface area contributed by atoms with Gasteiger partial charge in [0.15, 0.2) is 0 Å². The van der Waals surface area contributed by atoms with Crippen molar-refractivity contribution in [3.63, 3.8) is 0 Å². The van der Waals surface area contributed by atoms with E-state index in [1.54, 1.807) is 0 Å². The van der Waals surface area contributed by atoms with Gasteiger partial charge in [0.2, 0.25) is 5.95 Å². The largest absolute Gasteiger partial charge is 0.335 e. The molecule has 2 atom stereocenters. The summed E-state index contributed by atoms with van der Waals surface area (Å²) in [4.78, 5) is 11.3. The zero-order valence-electron chi connectivity index (χ0n) is 13.3. The highest BCUT2D eigenvalue weighted by molar-refractivity contribution is 5.31. The van der Waals surface area contributed by atoms with Gasteiger partial charge in [-0.05, 0) is 49.7 Å². The number of rotatable bonds is 6. The van der Waals surface area contributed by atoms with Crippen LogP contribution in [0.1, 0.15) is 43.5 Å². The highest BCUT2D eigenvalue weighted by Crippen LogP contribution is 2.39. The first-order chi connectivity index (χ1) is 10.7. The summed E-state index contributed by atoms with van der Waals surface area (Å²) >= 11 is 0. The second-order valence-electron chi connectivity index (χ2n) is 6.93. The maximum atomic E-state index is 4.72. The summed E-state index contributed by atoms with van der Waals surface area (Å²) in [5.41, 5.74) is 2.21. The summed E-state index contributed by atoms with van der Waals surface area (Å²) in [7, 11) is 0. The normalized spacial score (nSPS) is 23.5. The van der Waals surface area contributed by atoms with Crippen LogP contribution in [-0.4, -0.2) is 26.3 Å². The van der Waals surface area contributed by atoms with Crippen molar-refractivity contribution < 1.29 is 0 Å². The zero-order chi connectivity index (χ0) is 15.1. The Balaban J connectivity index is 1.51. The highest BCUT2D eigenvalue weighted by Gasteiger charge is 2.34. The molecule has 2 fully saturated rings. The summed E-state index contributed by atoms with van der Waals surface area (Å²) in [5.74, 6) is 2.43. The molecule has 2 aromatic rings. The van der Waals surface area contributed by atoms with E-state index in [2.05, 4.69) is 38.7 Å². The predicted octanol–water partition coefficient (Wildman–Crippen LogP) is 2.98. The second-order valence-corrected chi connectivity index (χ2v) is 6.93. The Bertz CT molecular complexity index is 643. The minimum atomic E-state index is 0.640. The first kappa shape index (κ1) is 13.7. The Kier molecular flexibility index (Phi) is 3.36. The van der Waals surface area contributed by atoms with E-state index < -0.39 is 0 Å². The molecule has 2 saturated carbocycles. The lowest BCUT2D eigenvalue weighted by Crippen LogP contribution is -2.27. The van der Waals surface area contributed by atoms with Gasteiger partial charge in [0.1, 0.15) is 0 Å². The molecule has 0 amide bonds. The van der Waals surface area contributed by atoms with Gasteiger partial charge >= 0.3 is 0 Å². The molecule has 5 heteroatoms. The molecular weight excluding hydrogens is 274 g/mol. The van der Waals surface area contributed by atoms with Crippen LogP contribution in [0.2, 0.25) is 0 Å². The molecule has 0 spiro atoms. The lowest BCUT2D eigenvalue weighted by Gasteiger charge is -2.21. The van der Waals surface area contributed by atoms with Crippen LogP contribution in [-0.2, 0) is 6.54 Å². The van der Waals surface area contributed by atoms with Gasteiger partial charge in [-0.2, -0.15) is 5.10 Å². The smallest absolute Gasteiger partial charge is 0.225 e. The van der Waals surface area contributed by atoms with Crippen molar-refractivity contribution in [3.8, 4) is 0 Å². The van der Waals surface area contributed by atoms with E-state index in [9.17, 15) is 0 Å². The minimum Gasteiger partial charge on any atom is -0.335 e. The maximum Gasteiger partial charge on any atom is 0.225 e. The summed E-state index contributed by atoms with van der Waals surface area (Å²) < 4.78 is 2.11. The Morgan fingerprint density at radius 3 is 2.64 bits per heavy atom. The van der Waals surface area contributed by atoms with Crippen molar-refractivity contribution in [1.29, 1.82) is 0 Å². The number of aromatic nitrogens is 4. The summed E-state index contributed by atoms with van der Waals surface area (Å²) in [6.45, 7) is 6.17. The molecule has 0 aromatic carbocycles. The Hall–Kier alpha value is -1.91. The van der Waals surface area contributed by atoms with E-state index in [0.717, 1.165) is 42.1 Å². The molecule has 116 valence electrons. The molecule has 2 aliphatic carbocycles. The molecule has 2 aromatic heterocycles. The van der Waals surface area contributed by atoms with Gasteiger partial charge in [0.05, 0.1) is 18.3 Å². The molecule has 5 nitrogen and oxygen atoms in total. The number of anilines is 1. The van der Waals surface area contributed by atoms with Crippen molar-refractivity contribution in [3.05, 3.63) is 35.9 Å². The van der Waals surface area contributed by atoms with Crippen LogP contribution in [0.5, 0.6) is 0 Å². The van der Waals surface area contributed by atoms with E-state index in [-0.39, 0.29) is 0 Å². The number of aryl methyl sites for hydroxylation is 1. The minimum absolute atomic E-state index is 0.640. The van der Waals surface area contributed by atoms with Crippen LogP contribution in [0, 0.1) is 18.8 Å². The third-order valence-corrected chi connectivity index (χ3v) is 4.72. The van der Waals surface area contributed by atoms with Crippen molar-refractivity contribution in [2.75, 3.05) is 11.4 Å². The highest BCUT2D eigenvalue weighted by atomic mass is 15.3. The molecule has 2 aliphatic rings. The van der Waals surface area contributed by atoms with E-state index >= 15 is 0 Å². The SMILES string of the molecule is Cc1cnc(N(Cc2ccn(C3CC3)n2)CC2CC2C)nc1. The van der Waals surface area contributed by atoms with Crippen LogP contribution >= 0.6 is 0 Å². The van der Waals surface area contributed by atoms with Gasteiger partial charge in [-0.3, -0.25) is 4.68 Å². The lowest BCUT2D eigenvalue weighted by molar-refractivity contribution is 0.613. The van der Waals surface area contributed by atoms with Crippen molar-refractivity contribution >= 4 is 5.95 Å². The fourth-order valence-electron chi connectivity index (χ4n) is 2.90. The van der Waals surface area contributed by atoms with Gasteiger partial charge in [0, 0.05) is 25.1 Å². The van der Waals surface area contributed by atoms with E-state index in [4.69, 9.17) is 5.10 Å². The third kappa shape index (κ3) is 2.98. The lowest BCUT2D eigenvalue weighted by atomic mass is 10.3. The van der Waals surface area contributed by atoms with Crippen LogP contribution in [0.15, 0.2) is 24.7 Å². The molecule has 22 heavy (non-hydrogen) atoms. The summed E-state index contributed by atoms with van der Waals surface area (Å²) in [5, 5.41) is 4.72. The fourth-order valence-corrected chi connectivity index (χ4v) is 2.90. The molecule has 0 radical (unpaired) electrons. The van der Waals surface area contributed by atoms with Crippen LogP contribution < -0.4 is 4.90 Å². The molecule has 2 unspecified atom stereocenters. The second kappa shape index (κ2) is 5.38. The van der Waals surface area contributed by atoms with E-state index in [1.165, 1.54) is 19.3 Å². The molecule has 0 N–H and O–H groups in total. The molecule has 2 heterocycles. The average Bonchev–Trinajstić information content (AvgIpc) is 3.42. The first-order valence-corrected chi connectivity index (χ1v) is 8.26.